The van der Waals surface area contributed by atoms with Crippen molar-refractivity contribution in [3.63, 3.8) is 0 Å². The Kier molecular flexibility index (Phi) is 16.8. The van der Waals surface area contributed by atoms with Crippen LogP contribution >= 0.6 is 0 Å². The Bertz CT molecular complexity index is 126. The monoisotopic (exact) mass is 228 g/mol. The van der Waals surface area contributed by atoms with E-state index in [0.29, 0.717) is 6.42 Å². The molecule has 0 aliphatic heterocycles. The van der Waals surface area contributed by atoms with Crippen molar-refractivity contribution in [2.45, 2.75) is 64.7 Å². The fourth-order valence-corrected chi connectivity index (χ4v) is 1.41. The average molecular weight is 228 g/mol. The number of hydrogen-bond acceptors (Lipinski definition) is 1. The minimum atomic E-state index is -0.661. The molecule has 0 unspecified atom stereocenters. The molecule has 0 saturated carbocycles. The van der Waals surface area contributed by atoms with Crippen molar-refractivity contribution in [1.29, 1.82) is 0 Å². The van der Waals surface area contributed by atoms with Crippen molar-refractivity contribution in [3.8, 4) is 0 Å². The van der Waals surface area contributed by atoms with Crippen molar-refractivity contribution in [3.05, 3.63) is 0 Å². The van der Waals surface area contributed by atoms with E-state index >= 15 is 0 Å². The summed E-state index contributed by atoms with van der Waals surface area (Å²) in [7, 11) is 0. The first-order valence-corrected chi connectivity index (χ1v) is 5.49. The number of rotatable bonds is 9. The fourth-order valence-electron chi connectivity index (χ4n) is 1.41. The van der Waals surface area contributed by atoms with Gasteiger partial charge in [-0.15, -0.1) is 0 Å². The van der Waals surface area contributed by atoms with Crippen LogP contribution in [0.2, 0.25) is 0 Å². The quantitative estimate of drug-likeness (QED) is 0.486. The molecule has 0 bridgehead atoms. The molecule has 0 atom stereocenters. The van der Waals surface area contributed by atoms with Gasteiger partial charge in [0.05, 0.1) is 0 Å². The number of aliphatic carboxylic acids is 1. The zero-order valence-electron chi connectivity index (χ0n) is 8.72. The Hall–Kier alpha value is 0.730. The van der Waals surface area contributed by atoms with Gasteiger partial charge in [-0.2, -0.15) is 0 Å². The van der Waals surface area contributed by atoms with Crippen LogP contribution in [0.15, 0.2) is 0 Å². The minimum absolute atomic E-state index is 0. The Morgan fingerprint density at radius 2 is 1.36 bits per heavy atom. The molecule has 0 aliphatic rings. The first-order valence-electron chi connectivity index (χ1n) is 5.49. The molecule has 0 aromatic carbocycles. The van der Waals surface area contributed by atoms with Crippen LogP contribution in [-0.4, -0.2) is 48.8 Å². The van der Waals surface area contributed by atoms with Gasteiger partial charge in [0.25, 0.3) is 0 Å². The maximum atomic E-state index is 10.2. The molecule has 0 amide bonds. The van der Waals surface area contributed by atoms with Crippen LogP contribution in [0, 0.1) is 0 Å². The molecular weight excluding hydrogens is 204 g/mol. The summed E-state index contributed by atoms with van der Waals surface area (Å²) in [4.78, 5) is 10.2. The Balaban J connectivity index is 0. The average Bonchev–Trinajstić information content (AvgIpc) is 2.09. The topological polar surface area (TPSA) is 37.3 Å². The first-order chi connectivity index (χ1) is 6.27. The van der Waals surface area contributed by atoms with Crippen LogP contribution in [0.25, 0.3) is 0 Å². The van der Waals surface area contributed by atoms with E-state index in [9.17, 15) is 4.79 Å². The molecule has 0 spiro atoms. The summed E-state index contributed by atoms with van der Waals surface area (Å²) in [6.07, 6.45) is 10.1. The molecule has 3 heteroatoms. The summed E-state index contributed by atoms with van der Waals surface area (Å²) in [5.41, 5.74) is 0. The summed E-state index contributed by atoms with van der Waals surface area (Å²) in [6.45, 7) is 2.22. The zero-order valence-corrected chi connectivity index (χ0v) is 8.72. The third kappa shape index (κ3) is 15.2. The zero-order chi connectivity index (χ0) is 9.94. The van der Waals surface area contributed by atoms with Gasteiger partial charge in [0.15, 0.2) is 0 Å². The van der Waals surface area contributed by atoms with Crippen LogP contribution in [-0.2, 0) is 4.79 Å². The summed E-state index contributed by atoms with van der Waals surface area (Å²) in [6, 6.07) is 0. The molecule has 0 heterocycles. The third-order valence-electron chi connectivity index (χ3n) is 2.24. The van der Waals surface area contributed by atoms with E-state index in [4.69, 9.17) is 5.11 Å². The summed E-state index contributed by atoms with van der Waals surface area (Å²) >= 11 is 0. The number of hydrogen-bond donors (Lipinski definition) is 1. The van der Waals surface area contributed by atoms with Crippen molar-refractivity contribution >= 4 is 43.7 Å². The second-order valence-corrected chi connectivity index (χ2v) is 3.62. The van der Waals surface area contributed by atoms with Gasteiger partial charge in [-0.1, -0.05) is 51.9 Å². The number of carboxylic acid groups (broad SMARTS) is 1. The molecule has 0 aromatic rings. The van der Waals surface area contributed by atoms with Crippen molar-refractivity contribution < 1.29 is 9.90 Å². The fraction of sp³-hybridized carbons (Fsp3) is 0.909. The van der Waals surface area contributed by atoms with Gasteiger partial charge < -0.3 is 5.11 Å². The molecule has 0 fully saturated rings. The Morgan fingerprint density at radius 3 is 1.79 bits per heavy atom. The predicted molar refractivity (Wildman–Crippen MR) is 63.4 cm³/mol. The van der Waals surface area contributed by atoms with Gasteiger partial charge in [-0.05, 0) is 6.42 Å². The number of carbonyl (C=O) groups is 1. The van der Waals surface area contributed by atoms with Crippen LogP contribution in [0.5, 0.6) is 0 Å². The molecule has 0 aliphatic carbocycles. The molecular formula is C11H24CaO2. The molecule has 0 radical (unpaired) electrons. The van der Waals surface area contributed by atoms with E-state index in [2.05, 4.69) is 6.92 Å². The van der Waals surface area contributed by atoms with E-state index in [1.165, 1.54) is 38.5 Å². The van der Waals surface area contributed by atoms with Gasteiger partial charge in [-0.3, -0.25) is 4.79 Å². The molecule has 14 heavy (non-hydrogen) atoms. The normalized spacial score (nSPS) is 9.50. The van der Waals surface area contributed by atoms with E-state index in [1.807, 2.05) is 0 Å². The summed E-state index contributed by atoms with van der Waals surface area (Å²) in [5, 5.41) is 8.39. The molecule has 0 rings (SSSR count). The van der Waals surface area contributed by atoms with Gasteiger partial charge >= 0.3 is 43.7 Å². The SMILES string of the molecule is CCCCCCCCCCC(=O)O.[CaH2]. The van der Waals surface area contributed by atoms with Crippen LogP contribution in [0.3, 0.4) is 0 Å². The van der Waals surface area contributed by atoms with Crippen LogP contribution in [0.1, 0.15) is 64.7 Å². The maximum absolute atomic E-state index is 10.2. The molecule has 1 N–H and O–H groups in total. The van der Waals surface area contributed by atoms with Crippen molar-refractivity contribution in [1.82, 2.24) is 0 Å². The summed E-state index contributed by atoms with van der Waals surface area (Å²) in [5.74, 6) is -0.661. The van der Waals surface area contributed by atoms with Gasteiger partial charge in [0.1, 0.15) is 0 Å². The summed E-state index contributed by atoms with van der Waals surface area (Å²) < 4.78 is 0. The second-order valence-electron chi connectivity index (χ2n) is 3.62. The van der Waals surface area contributed by atoms with Crippen molar-refractivity contribution in [2.24, 2.45) is 0 Å². The molecule has 0 aromatic heterocycles. The number of unbranched alkanes of at least 4 members (excludes halogenated alkanes) is 7. The molecule has 2 nitrogen and oxygen atoms in total. The number of carboxylic acids is 1. The van der Waals surface area contributed by atoms with Crippen LogP contribution < -0.4 is 0 Å². The van der Waals surface area contributed by atoms with Gasteiger partial charge in [0, 0.05) is 6.42 Å². The van der Waals surface area contributed by atoms with Crippen molar-refractivity contribution in [2.75, 3.05) is 0 Å². The van der Waals surface area contributed by atoms with Crippen LogP contribution in [0.4, 0.5) is 0 Å². The molecule has 0 saturated heterocycles. The first kappa shape index (κ1) is 17.1. The van der Waals surface area contributed by atoms with Gasteiger partial charge in [-0.25, -0.2) is 0 Å². The van der Waals surface area contributed by atoms with Gasteiger partial charge in [0.2, 0.25) is 0 Å². The second kappa shape index (κ2) is 13.7. The van der Waals surface area contributed by atoms with E-state index < -0.39 is 5.97 Å². The van der Waals surface area contributed by atoms with E-state index in [1.54, 1.807) is 0 Å². The third-order valence-corrected chi connectivity index (χ3v) is 2.24. The molecule has 82 valence electrons. The Labute approximate surface area is 117 Å². The van der Waals surface area contributed by atoms with E-state index in [-0.39, 0.29) is 37.7 Å². The Morgan fingerprint density at radius 1 is 0.929 bits per heavy atom. The standard InChI is InChI=1S/C11H22O2.Ca.2H/c1-2-3-4-5-6-7-8-9-10-11(12)13;;;/h2-10H2,1H3,(H,12,13);;;. The van der Waals surface area contributed by atoms with E-state index in [0.717, 1.165) is 12.8 Å². The predicted octanol–water partition coefficient (Wildman–Crippen LogP) is 2.69.